The molecule has 1 fully saturated rings. The van der Waals surface area contributed by atoms with Crippen LogP contribution in [-0.4, -0.2) is 40.9 Å². The molecule has 290 valence electrons. The average molecular weight is 755 g/mol. The number of halogens is 6. The fourth-order valence-electron chi connectivity index (χ4n) is 5.22. The van der Waals surface area contributed by atoms with Crippen LogP contribution < -0.4 is 9.80 Å². The molecule has 0 N–H and O–H groups in total. The summed E-state index contributed by atoms with van der Waals surface area (Å²) in [5, 5.41) is 4.46. The summed E-state index contributed by atoms with van der Waals surface area (Å²) in [5.74, 6) is -0.0419. The molecule has 12 heteroatoms. The first-order valence-corrected chi connectivity index (χ1v) is 17.8. The second-order valence-electron chi connectivity index (χ2n) is 13.7. The first-order chi connectivity index (χ1) is 25.4. The van der Waals surface area contributed by atoms with Gasteiger partial charge in [0.1, 0.15) is 0 Å². The molecule has 1 aliphatic rings. The molecule has 0 unspecified atom stereocenters. The van der Waals surface area contributed by atoms with Crippen LogP contribution in [0.15, 0.2) is 111 Å². The van der Waals surface area contributed by atoms with Gasteiger partial charge in [0.25, 0.3) is 0 Å². The zero-order chi connectivity index (χ0) is 40.3. The molecule has 54 heavy (non-hydrogen) atoms. The molecule has 2 amide bonds. The van der Waals surface area contributed by atoms with Gasteiger partial charge in [-0.25, -0.2) is 4.68 Å². The quantitative estimate of drug-likeness (QED) is 0.113. The van der Waals surface area contributed by atoms with Crippen molar-refractivity contribution in [2.75, 3.05) is 22.9 Å². The monoisotopic (exact) mass is 754 g/mol. The van der Waals surface area contributed by atoms with Gasteiger partial charge in [0.2, 0.25) is 11.8 Å². The Morgan fingerprint density at radius 2 is 1.19 bits per heavy atom. The summed E-state index contributed by atoms with van der Waals surface area (Å²) >= 11 is 0. The zero-order valence-electron chi connectivity index (χ0n) is 31.3. The maximum atomic E-state index is 12.6. The smallest absolute Gasteiger partial charge is 0.309 e. The number of carbonyl (C=O) groups excluding carboxylic acids is 2. The van der Waals surface area contributed by atoms with E-state index in [2.05, 4.69) is 45.2 Å². The highest BCUT2D eigenvalue weighted by Gasteiger charge is 2.31. The Kier molecular flexibility index (Phi) is 15.0. The molecule has 0 radical (unpaired) electrons. The minimum atomic E-state index is -4.44. The van der Waals surface area contributed by atoms with Crippen molar-refractivity contribution in [3.8, 4) is 16.8 Å². The maximum absolute atomic E-state index is 12.6. The van der Waals surface area contributed by atoms with Crippen molar-refractivity contribution in [2.45, 2.75) is 78.6 Å². The van der Waals surface area contributed by atoms with Gasteiger partial charge in [-0.2, -0.15) is 31.4 Å². The molecule has 0 aliphatic heterocycles. The van der Waals surface area contributed by atoms with Gasteiger partial charge in [-0.05, 0) is 108 Å². The van der Waals surface area contributed by atoms with Crippen LogP contribution in [0.5, 0.6) is 0 Å². The van der Waals surface area contributed by atoms with Crippen molar-refractivity contribution in [1.29, 1.82) is 0 Å². The molecule has 1 saturated carbocycles. The Labute approximate surface area is 313 Å². The average Bonchev–Trinajstić information content (AvgIpc) is 3.87. The maximum Gasteiger partial charge on any atom is 0.416 e. The van der Waals surface area contributed by atoms with Crippen LogP contribution in [0.3, 0.4) is 0 Å². The van der Waals surface area contributed by atoms with E-state index in [1.807, 2.05) is 49.0 Å². The molecular formula is C42H48F6N4O2. The van der Waals surface area contributed by atoms with E-state index in [1.54, 1.807) is 4.90 Å². The van der Waals surface area contributed by atoms with Crippen LogP contribution in [0.25, 0.3) is 16.8 Å². The van der Waals surface area contributed by atoms with Crippen LogP contribution in [0.2, 0.25) is 0 Å². The van der Waals surface area contributed by atoms with Crippen LogP contribution >= 0.6 is 0 Å². The highest BCUT2D eigenvalue weighted by molar-refractivity contribution is 6.01. The minimum absolute atomic E-state index is 0.0629. The van der Waals surface area contributed by atoms with E-state index in [-0.39, 0.29) is 17.0 Å². The Balaban J connectivity index is 0.000000278. The van der Waals surface area contributed by atoms with Crippen LogP contribution in [0, 0.1) is 5.41 Å². The molecule has 1 heterocycles. The lowest BCUT2D eigenvalue weighted by Crippen LogP contribution is -2.32. The Morgan fingerprint density at radius 3 is 1.59 bits per heavy atom. The molecule has 1 aliphatic carbocycles. The summed E-state index contributed by atoms with van der Waals surface area (Å²) < 4.78 is 77.1. The van der Waals surface area contributed by atoms with E-state index in [4.69, 9.17) is 0 Å². The third kappa shape index (κ3) is 13.1. The summed E-state index contributed by atoms with van der Waals surface area (Å²) in [7, 11) is 0. The van der Waals surface area contributed by atoms with E-state index in [0.29, 0.717) is 23.6 Å². The number of hydrogen-bond acceptors (Lipinski definition) is 3. The first-order valence-electron chi connectivity index (χ1n) is 17.8. The van der Waals surface area contributed by atoms with Crippen LogP contribution in [0.1, 0.15) is 77.3 Å². The number of rotatable bonds is 11. The van der Waals surface area contributed by atoms with Crippen molar-refractivity contribution in [2.24, 2.45) is 5.41 Å². The molecule has 0 bridgehead atoms. The number of aromatic nitrogens is 2. The fraction of sp³-hybridized carbons (Fsp3) is 0.357. The second-order valence-corrected chi connectivity index (χ2v) is 13.7. The Hall–Kier alpha value is -5.13. The molecular weight excluding hydrogens is 706 g/mol. The summed E-state index contributed by atoms with van der Waals surface area (Å²) in [4.78, 5) is 26.8. The number of benzene rings is 3. The highest BCUT2D eigenvalue weighted by Crippen LogP contribution is 2.40. The van der Waals surface area contributed by atoms with E-state index in [9.17, 15) is 35.9 Å². The van der Waals surface area contributed by atoms with Crippen molar-refractivity contribution in [3.05, 3.63) is 122 Å². The lowest BCUT2D eigenvalue weighted by atomic mass is 9.92. The highest BCUT2D eigenvalue weighted by atomic mass is 19.4. The Morgan fingerprint density at radius 1 is 0.741 bits per heavy atom. The third-order valence-electron chi connectivity index (χ3n) is 8.39. The Bertz CT molecular complexity index is 1820. The van der Waals surface area contributed by atoms with Crippen LogP contribution in [0.4, 0.5) is 37.7 Å². The molecule has 4 aromatic rings. The standard InChI is InChI=1S/C21H27N3O.C19H15F6NO.C2H6/c1-5-20(25)23(13-12-21(2,3)4)18-8-10-19(11-9-18)24-15-17(14-22-24)16-6-7-16;1-2-17(27)26(12-11-18(20,21)22)16-9-5-14(6-10-16)13-3-7-15(8-4-13)19(23,24)25;1-2/h5,8-11,14-16H,1,6-7,12-13H2,2-4H3;2-10H,1,11-12H2;1-2H3. The normalized spacial score (nSPS) is 12.7. The van der Waals surface area contributed by atoms with Crippen molar-refractivity contribution < 1.29 is 35.9 Å². The molecule has 0 saturated heterocycles. The van der Waals surface area contributed by atoms with Gasteiger partial charge in [0.15, 0.2) is 0 Å². The number of nitrogens with zero attached hydrogens (tertiary/aromatic N) is 4. The largest absolute Gasteiger partial charge is 0.416 e. The first kappa shape index (κ1) is 43.3. The fourth-order valence-corrected chi connectivity index (χ4v) is 5.22. The predicted octanol–water partition coefficient (Wildman–Crippen LogP) is 11.6. The summed E-state index contributed by atoms with van der Waals surface area (Å²) in [6.07, 6.45) is -0.181. The lowest BCUT2D eigenvalue weighted by molar-refractivity contribution is -0.137. The van der Waals surface area contributed by atoms with Gasteiger partial charge in [0.05, 0.1) is 23.9 Å². The van der Waals surface area contributed by atoms with E-state index in [1.165, 1.54) is 60.9 Å². The molecule has 6 nitrogen and oxygen atoms in total. The third-order valence-corrected chi connectivity index (χ3v) is 8.39. The van der Waals surface area contributed by atoms with E-state index >= 15 is 0 Å². The van der Waals surface area contributed by atoms with Gasteiger partial charge < -0.3 is 9.80 Å². The predicted molar refractivity (Wildman–Crippen MR) is 204 cm³/mol. The molecule has 3 aromatic carbocycles. The van der Waals surface area contributed by atoms with Gasteiger partial charge in [-0.15, -0.1) is 0 Å². The minimum Gasteiger partial charge on any atom is -0.309 e. The van der Waals surface area contributed by atoms with E-state index in [0.717, 1.165) is 40.9 Å². The number of anilines is 2. The van der Waals surface area contributed by atoms with Crippen LogP contribution in [-0.2, 0) is 15.8 Å². The molecule has 1 aromatic heterocycles. The molecule has 0 spiro atoms. The molecule has 5 rings (SSSR count). The van der Waals surface area contributed by atoms with Crippen molar-refractivity contribution >= 4 is 23.2 Å². The van der Waals surface area contributed by atoms with Gasteiger partial charge in [-0.3, -0.25) is 9.59 Å². The zero-order valence-corrected chi connectivity index (χ0v) is 31.3. The van der Waals surface area contributed by atoms with Gasteiger partial charge >= 0.3 is 12.4 Å². The number of hydrogen-bond donors (Lipinski definition) is 0. The van der Waals surface area contributed by atoms with Gasteiger partial charge in [-0.1, -0.05) is 72.0 Å². The number of amides is 2. The van der Waals surface area contributed by atoms with E-state index < -0.39 is 36.8 Å². The van der Waals surface area contributed by atoms with Crippen molar-refractivity contribution in [3.63, 3.8) is 0 Å². The topological polar surface area (TPSA) is 58.4 Å². The van der Waals surface area contributed by atoms with Crippen molar-refractivity contribution in [1.82, 2.24) is 9.78 Å². The summed E-state index contributed by atoms with van der Waals surface area (Å²) in [6, 6.07) is 18.4. The van der Waals surface area contributed by atoms with Gasteiger partial charge in [0, 0.05) is 30.7 Å². The lowest BCUT2D eigenvalue weighted by Gasteiger charge is -2.26. The molecule has 0 atom stereocenters. The SMILES string of the molecule is C=CC(=O)N(CCC(C)(C)C)c1ccc(-n2cc(C3CC3)cn2)cc1.C=CC(=O)N(CCC(F)(F)F)c1ccc(-c2ccc(C(F)(F)F)cc2)cc1.CC. The number of alkyl halides is 6. The summed E-state index contributed by atoms with van der Waals surface area (Å²) in [6.45, 7) is 17.6. The number of carbonyl (C=O) groups is 2. The second kappa shape index (κ2) is 18.8. The summed E-state index contributed by atoms with van der Waals surface area (Å²) in [5.41, 5.74) is 3.93.